The van der Waals surface area contributed by atoms with Crippen LogP contribution < -0.4 is 4.90 Å². The van der Waals surface area contributed by atoms with Gasteiger partial charge in [-0.2, -0.15) is 0 Å². The van der Waals surface area contributed by atoms with Crippen molar-refractivity contribution in [2.75, 3.05) is 24.6 Å². The SMILES string of the molecule is CCOC(=O)CCN(CC(=O)O)c1cc(F)c(F)c(F)c1. The van der Waals surface area contributed by atoms with Crippen LogP contribution in [0, 0.1) is 17.5 Å². The van der Waals surface area contributed by atoms with Crippen LogP contribution in [0.15, 0.2) is 12.1 Å². The van der Waals surface area contributed by atoms with Crippen LogP contribution in [0.1, 0.15) is 13.3 Å². The summed E-state index contributed by atoms with van der Waals surface area (Å²) < 4.78 is 43.9. The molecule has 1 aromatic rings. The molecule has 0 aromatic heterocycles. The fraction of sp³-hybridized carbons (Fsp3) is 0.385. The third-order valence-electron chi connectivity index (χ3n) is 2.55. The Bertz CT molecular complexity index is 513. The van der Waals surface area contributed by atoms with Crippen LogP contribution in [-0.2, 0) is 14.3 Å². The minimum atomic E-state index is -1.64. The largest absolute Gasteiger partial charge is 0.480 e. The van der Waals surface area contributed by atoms with Crippen molar-refractivity contribution in [3.05, 3.63) is 29.6 Å². The zero-order valence-electron chi connectivity index (χ0n) is 11.2. The van der Waals surface area contributed by atoms with Crippen molar-refractivity contribution in [3.8, 4) is 0 Å². The molecule has 0 fully saturated rings. The van der Waals surface area contributed by atoms with Crippen molar-refractivity contribution in [2.24, 2.45) is 0 Å². The second-order valence-corrected chi connectivity index (χ2v) is 4.09. The molecule has 0 bridgehead atoms. The highest BCUT2D eigenvalue weighted by molar-refractivity contribution is 5.75. The Labute approximate surface area is 118 Å². The summed E-state index contributed by atoms with van der Waals surface area (Å²) in [6.45, 7) is 1.05. The van der Waals surface area contributed by atoms with Gasteiger partial charge in [-0.05, 0) is 6.92 Å². The molecule has 0 spiro atoms. The molecular formula is C13H14F3NO4. The Balaban J connectivity index is 2.91. The van der Waals surface area contributed by atoms with E-state index in [1.807, 2.05) is 0 Å². The lowest BCUT2D eigenvalue weighted by molar-refractivity contribution is -0.143. The number of carbonyl (C=O) groups is 2. The van der Waals surface area contributed by atoms with Gasteiger partial charge in [0.2, 0.25) is 0 Å². The van der Waals surface area contributed by atoms with Gasteiger partial charge in [-0.15, -0.1) is 0 Å². The first-order valence-corrected chi connectivity index (χ1v) is 6.12. The van der Waals surface area contributed by atoms with Crippen LogP contribution in [-0.4, -0.2) is 36.7 Å². The van der Waals surface area contributed by atoms with Gasteiger partial charge in [0.05, 0.1) is 13.0 Å². The van der Waals surface area contributed by atoms with E-state index in [1.165, 1.54) is 0 Å². The lowest BCUT2D eigenvalue weighted by Gasteiger charge is -2.22. The molecule has 116 valence electrons. The van der Waals surface area contributed by atoms with E-state index < -0.39 is 35.9 Å². The zero-order chi connectivity index (χ0) is 16.0. The van der Waals surface area contributed by atoms with Crippen LogP contribution in [0.3, 0.4) is 0 Å². The summed E-state index contributed by atoms with van der Waals surface area (Å²) in [5.74, 6) is -6.34. The Morgan fingerprint density at radius 1 is 1.24 bits per heavy atom. The van der Waals surface area contributed by atoms with Crippen LogP contribution in [0.2, 0.25) is 0 Å². The van der Waals surface area contributed by atoms with Gasteiger partial charge in [-0.3, -0.25) is 9.59 Å². The summed E-state index contributed by atoms with van der Waals surface area (Å²) in [5.41, 5.74) is -0.168. The summed E-state index contributed by atoms with van der Waals surface area (Å²) in [5, 5.41) is 8.79. The van der Waals surface area contributed by atoms with E-state index in [2.05, 4.69) is 4.74 Å². The third kappa shape index (κ3) is 4.97. The van der Waals surface area contributed by atoms with Gasteiger partial charge in [-0.25, -0.2) is 13.2 Å². The number of carboxylic acid groups (broad SMARTS) is 1. The van der Waals surface area contributed by atoms with Crippen molar-refractivity contribution < 1.29 is 32.6 Å². The Kier molecular flexibility index (Phi) is 6.01. The van der Waals surface area contributed by atoms with Crippen molar-refractivity contribution in [3.63, 3.8) is 0 Å². The molecule has 1 aromatic carbocycles. The van der Waals surface area contributed by atoms with Crippen LogP contribution in [0.5, 0.6) is 0 Å². The smallest absolute Gasteiger partial charge is 0.323 e. The molecule has 1 rings (SSSR count). The van der Waals surface area contributed by atoms with Gasteiger partial charge >= 0.3 is 11.9 Å². The molecule has 0 saturated carbocycles. The minimum Gasteiger partial charge on any atom is -0.480 e. The molecule has 0 radical (unpaired) electrons. The summed E-state index contributed by atoms with van der Waals surface area (Å²) >= 11 is 0. The number of hydrogen-bond donors (Lipinski definition) is 1. The highest BCUT2D eigenvalue weighted by atomic mass is 19.2. The number of halogens is 3. The molecule has 5 nitrogen and oxygen atoms in total. The number of carbonyl (C=O) groups excluding carboxylic acids is 1. The third-order valence-corrected chi connectivity index (χ3v) is 2.55. The standard InChI is InChI=1S/C13H14F3NO4/c1-2-21-12(20)3-4-17(7-11(18)19)8-5-9(14)13(16)10(15)6-8/h5-6H,2-4,7H2,1H3,(H,18,19). The van der Waals surface area contributed by atoms with E-state index in [1.54, 1.807) is 6.92 Å². The number of anilines is 1. The maximum atomic E-state index is 13.2. The number of benzene rings is 1. The fourth-order valence-electron chi connectivity index (χ4n) is 1.65. The maximum absolute atomic E-state index is 13.2. The van der Waals surface area contributed by atoms with Gasteiger partial charge in [0.15, 0.2) is 17.5 Å². The van der Waals surface area contributed by atoms with Crippen molar-refractivity contribution in [1.29, 1.82) is 0 Å². The zero-order valence-corrected chi connectivity index (χ0v) is 11.2. The quantitative estimate of drug-likeness (QED) is 0.616. The molecule has 0 atom stereocenters. The number of esters is 1. The first-order valence-electron chi connectivity index (χ1n) is 6.12. The van der Waals surface area contributed by atoms with Gasteiger partial charge in [0.25, 0.3) is 0 Å². The van der Waals surface area contributed by atoms with E-state index in [0.717, 1.165) is 4.90 Å². The van der Waals surface area contributed by atoms with Crippen molar-refractivity contribution in [2.45, 2.75) is 13.3 Å². The molecule has 1 N–H and O–H groups in total. The topological polar surface area (TPSA) is 66.8 Å². The van der Waals surface area contributed by atoms with Crippen LogP contribution >= 0.6 is 0 Å². The number of aliphatic carboxylic acids is 1. The minimum absolute atomic E-state index is 0.129. The molecule has 0 aliphatic heterocycles. The normalized spacial score (nSPS) is 10.3. The summed E-state index contributed by atoms with van der Waals surface area (Å²) in [4.78, 5) is 23.1. The molecule has 0 amide bonds. The molecular weight excluding hydrogens is 291 g/mol. The Morgan fingerprint density at radius 2 is 1.81 bits per heavy atom. The van der Waals surface area contributed by atoms with E-state index in [9.17, 15) is 22.8 Å². The van der Waals surface area contributed by atoms with Gasteiger partial charge in [0, 0.05) is 24.4 Å². The molecule has 0 unspecified atom stereocenters. The maximum Gasteiger partial charge on any atom is 0.323 e. The first-order chi connectivity index (χ1) is 9.85. The van der Waals surface area contributed by atoms with Crippen LogP contribution in [0.4, 0.5) is 18.9 Å². The second-order valence-electron chi connectivity index (χ2n) is 4.09. The number of rotatable bonds is 7. The highest BCUT2D eigenvalue weighted by Gasteiger charge is 2.18. The monoisotopic (exact) mass is 305 g/mol. The van der Waals surface area contributed by atoms with E-state index in [0.29, 0.717) is 12.1 Å². The Hall–Kier alpha value is -2.25. The number of nitrogens with zero attached hydrogens (tertiary/aromatic N) is 1. The molecule has 8 heteroatoms. The van der Waals surface area contributed by atoms with Crippen LogP contribution in [0.25, 0.3) is 0 Å². The number of carboxylic acids is 1. The number of ether oxygens (including phenoxy) is 1. The average Bonchev–Trinajstić information content (AvgIpc) is 2.40. The Morgan fingerprint density at radius 3 is 2.29 bits per heavy atom. The second kappa shape index (κ2) is 7.51. The van der Waals surface area contributed by atoms with E-state index >= 15 is 0 Å². The van der Waals surface area contributed by atoms with Gasteiger partial charge in [-0.1, -0.05) is 0 Å². The fourth-order valence-corrected chi connectivity index (χ4v) is 1.65. The van der Waals surface area contributed by atoms with Crippen molar-refractivity contribution >= 4 is 17.6 Å². The predicted molar refractivity (Wildman–Crippen MR) is 67.4 cm³/mol. The summed E-state index contributed by atoms with van der Waals surface area (Å²) in [6, 6.07) is 1.35. The molecule has 0 saturated heterocycles. The van der Waals surface area contributed by atoms with E-state index in [4.69, 9.17) is 5.11 Å². The predicted octanol–water partition coefficient (Wildman–Crippen LogP) is 1.95. The molecule has 0 aliphatic carbocycles. The first kappa shape index (κ1) is 16.8. The lowest BCUT2D eigenvalue weighted by Crippen LogP contribution is -2.32. The van der Waals surface area contributed by atoms with Gasteiger partial charge in [0.1, 0.15) is 6.54 Å². The summed E-state index contributed by atoms with van der Waals surface area (Å²) in [6.07, 6.45) is -0.165. The van der Waals surface area contributed by atoms with Gasteiger partial charge < -0.3 is 14.7 Å². The molecule has 0 heterocycles. The molecule has 0 aliphatic rings. The molecule has 21 heavy (non-hydrogen) atoms. The average molecular weight is 305 g/mol. The lowest BCUT2D eigenvalue weighted by atomic mass is 10.2. The summed E-state index contributed by atoms with van der Waals surface area (Å²) in [7, 11) is 0. The highest BCUT2D eigenvalue weighted by Crippen LogP contribution is 2.21. The number of hydrogen-bond acceptors (Lipinski definition) is 4. The van der Waals surface area contributed by atoms with E-state index in [-0.39, 0.29) is 25.3 Å². The van der Waals surface area contributed by atoms with Crippen molar-refractivity contribution in [1.82, 2.24) is 0 Å².